The smallest absolute Gasteiger partial charge is 0.270 e. The van der Waals surface area contributed by atoms with E-state index in [-0.39, 0.29) is 11.3 Å². The highest BCUT2D eigenvalue weighted by Crippen LogP contribution is 2.45. The van der Waals surface area contributed by atoms with E-state index >= 15 is 0 Å². The van der Waals surface area contributed by atoms with Gasteiger partial charge in [-0.05, 0) is 24.8 Å². The molecule has 2 aliphatic heterocycles. The highest BCUT2D eigenvalue weighted by Gasteiger charge is 2.50. The van der Waals surface area contributed by atoms with E-state index in [1.54, 1.807) is 12.1 Å². The molecule has 25 heavy (non-hydrogen) atoms. The summed E-state index contributed by atoms with van der Waals surface area (Å²) >= 11 is 0. The third-order valence-corrected chi connectivity index (χ3v) is 4.98. The van der Waals surface area contributed by atoms with Crippen molar-refractivity contribution in [1.82, 2.24) is 0 Å². The standard InChI is InChI=1S/C18H18N2O5/c21-20(22)16-3-1-2-14(12-16)4-5-15-13-17(25-19-15)6-8-18(9-7-17)23-10-11-24-18/h1-3,12H,6-11,13H2. The maximum absolute atomic E-state index is 10.8. The molecule has 1 saturated heterocycles. The molecule has 0 aromatic heterocycles. The first-order chi connectivity index (χ1) is 12.1. The second kappa shape index (κ2) is 6.14. The number of benzene rings is 1. The quantitative estimate of drug-likeness (QED) is 0.445. The van der Waals surface area contributed by atoms with Crippen LogP contribution in [-0.4, -0.2) is 35.2 Å². The van der Waals surface area contributed by atoms with E-state index in [1.165, 1.54) is 12.1 Å². The number of nitro groups is 1. The second-order valence-corrected chi connectivity index (χ2v) is 6.65. The number of non-ortho nitro benzene ring substituents is 1. The Morgan fingerprint density at radius 1 is 1.12 bits per heavy atom. The molecule has 1 aromatic carbocycles. The Hall–Kier alpha value is -2.43. The van der Waals surface area contributed by atoms with Crippen molar-refractivity contribution in [2.75, 3.05) is 13.2 Å². The molecule has 0 atom stereocenters. The lowest BCUT2D eigenvalue weighted by atomic mass is 9.78. The predicted octanol–water partition coefficient (Wildman–Crippen LogP) is 2.78. The van der Waals surface area contributed by atoms with Crippen LogP contribution in [0.25, 0.3) is 0 Å². The summed E-state index contributed by atoms with van der Waals surface area (Å²) in [7, 11) is 0. The van der Waals surface area contributed by atoms with Gasteiger partial charge in [0.2, 0.25) is 0 Å². The minimum Gasteiger partial charge on any atom is -0.388 e. The van der Waals surface area contributed by atoms with Gasteiger partial charge in [0.1, 0.15) is 11.3 Å². The van der Waals surface area contributed by atoms with Gasteiger partial charge in [0.15, 0.2) is 5.79 Å². The Labute approximate surface area is 145 Å². The molecule has 2 spiro atoms. The molecule has 1 aromatic rings. The Morgan fingerprint density at radius 3 is 2.60 bits per heavy atom. The maximum Gasteiger partial charge on any atom is 0.270 e. The minimum absolute atomic E-state index is 0.0297. The van der Waals surface area contributed by atoms with Gasteiger partial charge in [-0.25, -0.2) is 0 Å². The van der Waals surface area contributed by atoms with Crippen LogP contribution in [0.4, 0.5) is 5.69 Å². The van der Waals surface area contributed by atoms with Crippen LogP contribution < -0.4 is 0 Å². The van der Waals surface area contributed by atoms with E-state index in [9.17, 15) is 10.1 Å². The molecule has 0 radical (unpaired) electrons. The fourth-order valence-electron chi connectivity index (χ4n) is 3.57. The highest BCUT2D eigenvalue weighted by molar-refractivity contribution is 6.01. The fraction of sp³-hybridized carbons (Fsp3) is 0.500. The van der Waals surface area contributed by atoms with Gasteiger partial charge in [-0.1, -0.05) is 17.1 Å². The Kier molecular flexibility index (Phi) is 3.94. The van der Waals surface area contributed by atoms with E-state index in [0.29, 0.717) is 30.9 Å². The molecule has 0 amide bonds. The number of oxime groups is 1. The van der Waals surface area contributed by atoms with Crippen LogP contribution in [0.2, 0.25) is 0 Å². The van der Waals surface area contributed by atoms with Crippen molar-refractivity contribution in [1.29, 1.82) is 0 Å². The summed E-state index contributed by atoms with van der Waals surface area (Å²) in [6.07, 6.45) is 3.89. The van der Waals surface area contributed by atoms with Crippen molar-refractivity contribution < 1.29 is 19.2 Å². The van der Waals surface area contributed by atoms with Crippen LogP contribution in [0.3, 0.4) is 0 Å². The van der Waals surface area contributed by atoms with Crippen LogP contribution in [0.5, 0.6) is 0 Å². The van der Waals surface area contributed by atoms with Crippen LogP contribution in [0, 0.1) is 22.0 Å². The SMILES string of the molecule is O=[N+]([O-])c1cccc(C#CC2=NOC3(CCC4(CC3)OCCO4)C2)c1. The summed E-state index contributed by atoms with van der Waals surface area (Å²) < 4.78 is 11.5. The molecule has 130 valence electrons. The topological polar surface area (TPSA) is 83.2 Å². The van der Waals surface area contributed by atoms with Crippen LogP contribution in [0.1, 0.15) is 37.7 Å². The molecule has 2 fully saturated rings. The van der Waals surface area contributed by atoms with Gasteiger partial charge in [0.25, 0.3) is 5.69 Å². The van der Waals surface area contributed by atoms with Crippen LogP contribution in [-0.2, 0) is 14.3 Å². The van der Waals surface area contributed by atoms with Crippen molar-refractivity contribution >= 4 is 11.4 Å². The molecule has 4 rings (SSSR count). The number of ether oxygens (including phenoxy) is 2. The number of rotatable bonds is 1. The average molecular weight is 342 g/mol. The van der Waals surface area contributed by atoms with E-state index in [0.717, 1.165) is 25.7 Å². The largest absolute Gasteiger partial charge is 0.388 e. The average Bonchev–Trinajstić information content (AvgIpc) is 3.24. The van der Waals surface area contributed by atoms with E-state index in [2.05, 4.69) is 17.0 Å². The van der Waals surface area contributed by atoms with Crippen LogP contribution >= 0.6 is 0 Å². The predicted molar refractivity (Wildman–Crippen MR) is 88.9 cm³/mol. The molecule has 0 bridgehead atoms. The van der Waals surface area contributed by atoms with Gasteiger partial charge in [-0.2, -0.15) is 0 Å². The first kappa shape index (κ1) is 16.1. The van der Waals surface area contributed by atoms with Crippen molar-refractivity contribution in [2.24, 2.45) is 5.16 Å². The highest BCUT2D eigenvalue weighted by atomic mass is 16.7. The molecule has 0 N–H and O–H groups in total. The summed E-state index contributed by atoms with van der Waals surface area (Å²) in [5.41, 5.74) is 0.985. The summed E-state index contributed by atoms with van der Waals surface area (Å²) in [5.74, 6) is 5.50. The normalized spacial score (nSPS) is 23.0. The zero-order valence-corrected chi connectivity index (χ0v) is 13.7. The Bertz CT molecular complexity index is 776. The molecule has 1 saturated carbocycles. The number of nitro benzene ring substituents is 1. The molecule has 7 heteroatoms. The Morgan fingerprint density at radius 2 is 1.88 bits per heavy atom. The first-order valence-electron chi connectivity index (χ1n) is 8.38. The number of nitrogens with zero attached hydrogens (tertiary/aromatic N) is 2. The van der Waals surface area contributed by atoms with Crippen LogP contribution in [0.15, 0.2) is 29.4 Å². The monoisotopic (exact) mass is 342 g/mol. The van der Waals surface area contributed by atoms with Gasteiger partial charge in [0, 0.05) is 37.0 Å². The minimum atomic E-state index is -0.429. The molecular weight excluding hydrogens is 324 g/mol. The van der Waals surface area contributed by atoms with Gasteiger partial charge in [-0.15, -0.1) is 0 Å². The van der Waals surface area contributed by atoms with Crippen molar-refractivity contribution in [3.63, 3.8) is 0 Å². The summed E-state index contributed by atoms with van der Waals surface area (Å²) in [6, 6.07) is 6.27. The first-order valence-corrected chi connectivity index (χ1v) is 8.38. The van der Waals surface area contributed by atoms with Crippen molar-refractivity contribution in [3.05, 3.63) is 39.9 Å². The van der Waals surface area contributed by atoms with E-state index < -0.39 is 10.7 Å². The van der Waals surface area contributed by atoms with Gasteiger partial charge in [0.05, 0.1) is 18.1 Å². The zero-order valence-electron chi connectivity index (χ0n) is 13.7. The molecule has 1 aliphatic carbocycles. The fourth-order valence-corrected chi connectivity index (χ4v) is 3.57. The molecule has 7 nitrogen and oxygen atoms in total. The van der Waals surface area contributed by atoms with Gasteiger partial charge in [-0.3, -0.25) is 10.1 Å². The number of hydrogen-bond donors (Lipinski definition) is 0. The lowest BCUT2D eigenvalue weighted by molar-refractivity contribution is -0.384. The van der Waals surface area contributed by atoms with E-state index in [4.69, 9.17) is 14.3 Å². The Balaban J connectivity index is 1.40. The molecule has 3 aliphatic rings. The third kappa shape index (κ3) is 3.23. The second-order valence-electron chi connectivity index (χ2n) is 6.65. The summed E-state index contributed by atoms with van der Waals surface area (Å²) in [5, 5.41) is 14.9. The molecule has 2 heterocycles. The third-order valence-electron chi connectivity index (χ3n) is 4.98. The van der Waals surface area contributed by atoms with Crippen molar-refractivity contribution in [3.8, 4) is 11.8 Å². The van der Waals surface area contributed by atoms with Gasteiger partial charge >= 0.3 is 0 Å². The van der Waals surface area contributed by atoms with Crippen molar-refractivity contribution in [2.45, 2.75) is 43.5 Å². The van der Waals surface area contributed by atoms with Gasteiger partial charge < -0.3 is 14.3 Å². The zero-order chi connectivity index (χ0) is 17.3. The summed E-state index contributed by atoms with van der Waals surface area (Å²) in [4.78, 5) is 16.1. The lowest BCUT2D eigenvalue weighted by Crippen LogP contribution is -2.43. The molecular formula is C18H18N2O5. The maximum atomic E-state index is 10.8. The van der Waals surface area contributed by atoms with E-state index in [1.807, 2.05) is 0 Å². The lowest BCUT2D eigenvalue weighted by Gasteiger charge is -2.39. The summed E-state index contributed by atoms with van der Waals surface area (Å²) in [6.45, 7) is 1.31. The molecule has 0 unspecified atom stereocenters. The number of hydrogen-bond acceptors (Lipinski definition) is 6.